The van der Waals surface area contributed by atoms with Gasteiger partial charge in [0.2, 0.25) is 0 Å². The molecule has 106 valence electrons. The molecule has 19 heavy (non-hydrogen) atoms. The summed E-state index contributed by atoms with van der Waals surface area (Å²) >= 11 is 0. The predicted octanol–water partition coefficient (Wildman–Crippen LogP) is 1.41. The van der Waals surface area contributed by atoms with E-state index in [4.69, 9.17) is 5.73 Å². The summed E-state index contributed by atoms with van der Waals surface area (Å²) in [5.41, 5.74) is 8.40. The SMILES string of the molecule is CC(C)(C)C1=CCN(Cc2cn(CCN)nn2)CC1. The van der Waals surface area contributed by atoms with E-state index in [0.717, 1.165) is 38.3 Å². The molecule has 1 aliphatic rings. The third-order valence-electron chi connectivity index (χ3n) is 3.59. The van der Waals surface area contributed by atoms with Crippen molar-refractivity contribution in [3.05, 3.63) is 23.5 Å². The van der Waals surface area contributed by atoms with Gasteiger partial charge in [-0.3, -0.25) is 9.58 Å². The molecule has 0 bridgehead atoms. The van der Waals surface area contributed by atoms with Gasteiger partial charge in [-0.05, 0) is 11.8 Å². The van der Waals surface area contributed by atoms with Gasteiger partial charge in [0, 0.05) is 32.4 Å². The number of hydrogen-bond acceptors (Lipinski definition) is 4. The molecule has 0 fully saturated rings. The molecule has 0 saturated heterocycles. The van der Waals surface area contributed by atoms with Gasteiger partial charge in [0.1, 0.15) is 0 Å². The van der Waals surface area contributed by atoms with Crippen LogP contribution in [0.3, 0.4) is 0 Å². The monoisotopic (exact) mass is 263 g/mol. The molecule has 2 N–H and O–H groups in total. The quantitative estimate of drug-likeness (QED) is 0.835. The lowest BCUT2D eigenvalue weighted by atomic mass is 9.83. The third kappa shape index (κ3) is 3.88. The van der Waals surface area contributed by atoms with E-state index in [1.165, 1.54) is 0 Å². The summed E-state index contributed by atoms with van der Waals surface area (Å²) in [7, 11) is 0. The minimum atomic E-state index is 0.302. The molecule has 2 heterocycles. The Morgan fingerprint density at radius 1 is 1.37 bits per heavy atom. The second-order valence-electron chi connectivity index (χ2n) is 6.23. The van der Waals surface area contributed by atoms with Crippen molar-refractivity contribution >= 4 is 0 Å². The maximum absolute atomic E-state index is 5.50. The molecule has 0 unspecified atom stereocenters. The van der Waals surface area contributed by atoms with E-state index in [2.05, 4.69) is 42.1 Å². The first kappa shape index (κ1) is 14.2. The molecule has 0 spiro atoms. The van der Waals surface area contributed by atoms with E-state index in [-0.39, 0.29) is 0 Å². The molecular formula is C14H25N5. The molecule has 2 rings (SSSR count). The Kier molecular flexibility index (Phi) is 4.37. The first-order valence-corrected chi connectivity index (χ1v) is 7.00. The lowest BCUT2D eigenvalue weighted by molar-refractivity contribution is 0.268. The van der Waals surface area contributed by atoms with Crippen LogP contribution in [0, 0.1) is 5.41 Å². The van der Waals surface area contributed by atoms with Crippen LogP contribution in [-0.2, 0) is 13.1 Å². The minimum absolute atomic E-state index is 0.302. The number of rotatable bonds is 4. The van der Waals surface area contributed by atoms with Crippen LogP contribution >= 0.6 is 0 Å². The Bertz CT molecular complexity index is 441. The van der Waals surface area contributed by atoms with Crippen molar-refractivity contribution in [3.8, 4) is 0 Å². The van der Waals surface area contributed by atoms with Gasteiger partial charge in [0.05, 0.1) is 12.2 Å². The lowest BCUT2D eigenvalue weighted by Gasteiger charge is -2.31. The fraction of sp³-hybridized carbons (Fsp3) is 0.714. The van der Waals surface area contributed by atoms with Crippen LogP contribution in [0.1, 0.15) is 32.9 Å². The molecule has 1 aromatic rings. The van der Waals surface area contributed by atoms with Gasteiger partial charge < -0.3 is 5.73 Å². The summed E-state index contributed by atoms with van der Waals surface area (Å²) in [6.45, 7) is 11.2. The number of nitrogens with two attached hydrogens (primary N) is 1. The minimum Gasteiger partial charge on any atom is -0.329 e. The molecule has 0 radical (unpaired) electrons. The Hall–Kier alpha value is -1.20. The van der Waals surface area contributed by atoms with E-state index >= 15 is 0 Å². The first-order chi connectivity index (χ1) is 8.99. The molecule has 0 aromatic carbocycles. The van der Waals surface area contributed by atoms with E-state index in [1.807, 2.05) is 10.9 Å². The predicted molar refractivity (Wildman–Crippen MR) is 76.5 cm³/mol. The highest BCUT2D eigenvalue weighted by molar-refractivity contribution is 5.14. The molecule has 0 atom stereocenters. The fourth-order valence-electron chi connectivity index (χ4n) is 2.42. The summed E-state index contributed by atoms with van der Waals surface area (Å²) in [5, 5.41) is 8.26. The summed E-state index contributed by atoms with van der Waals surface area (Å²) < 4.78 is 1.82. The van der Waals surface area contributed by atoms with Gasteiger partial charge in [0.25, 0.3) is 0 Å². The summed E-state index contributed by atoms with van der Waals surface area (Å²) in [6.07, 6.45) is 5.52. The number of nitrogens with zero attached hydrogens (tertiary/aromatic N) is 4. The molecule has 5 heteroatoms. The zero-order valence-electron chi connectivity index (χ0n) is 12.3. The van der Waals surface area contributed by atoms with Crippen molar-refractivity contribution < 1.29 is 0 Å². The van der Waals surface area contributed by atoms with Gasteiger partial charge in [-0.2, -0.15) is 0 Å². The van der Waals surface area contributed by atoms with Crippen LogP contribution in [0.5, 0.6) is 0 Å². The normalized spacial score (nSPS) is 17.6. The Labute approximate surface area is 115 Å². The molecule has 1 aliphatic heterocycles. The topological polar surface area (TPSA) is 60.0 Å². The van der Waals surface area contributed by atoms with Gasteiger partial charge in [-0.25, -0.2) is 0 Å². The Morgan fingerprint density at radius 3 is 2.74 bits per heavy atom. The fourth-order valence-corrected chi connectivity index (χ4v) is 2.42. The van der Waals surface area contributed by atoms with E-state index in [0.29, 0.717) is 12.0 Å². The van der Waals surface area contributed by atoms with Gasteiger partial charge in [-0.1, -0.05) is 37.6 Å². The summed E-state index contributed by atoms with van der Waals surface area (Å²) in [4.78, 5) is 2.41. The smallest absolute Gasteiger partial charge is 0.0967 e. The van der Waals surface area contributed by atoms with Gasteiger partial charge >= 0.3 is 0 Å². The Morgan fingerprint density at radius 2 is 2.16 bits per heavy atom. The molecule has 0 amide bonds. The van der Waals surface area contributed by atoms with Crippen molar-refractivity contribution in [1.82, 2.24) is 19.9 Å². The van der Waals surface area contributed by atoms with Crippen molar-refractivity contribution in [2.24, 2.45) is 11.1 Å². The number of hydrogen-bond donors (Lipinski definition) is 1. The van der Waals surface area contributed by atoms with E-state index in [9.17, 15) is 0 Å². The molecule has 5 nitrogen and oxygen atoms in total. The van der Waals surface area contributed by atoms with Crippen molar-refractivity contribution in [3.63, 3.8) is 0 Å². The summed E-state index contributed by atoms with van der Waals surface area (Å²) in [5.74, 6) is 0. The second-order valence-corrected chi connectivity index (χ2v) is 6.23. The maximum Gasteiger partial charge on any atom is 0.0967 e. The standard InChI is InChI=1S/C14H25N5/c1-14(2,3)12-4-7-18(8-5-12)10-13-11-19(9-6-15)17-16-13/h4,11H,5-10,15H2,1-3H3. The second kappa shape index (κ2) is 5.84. The maximum atomic E-state index is 5.50. The molecule has 1 aromatic heterocycles. The highest BCUT2D eigenvalue weighted by Crippen LogP contribution is 2.30. The van der Waals surface area contributed by atoms with Gasteiger partial charge in [0.15, 0.2) is 0 Å². The highest BCUT2D eigenvalue weighted by atomic mass is 15.4. The van der Waals surface area contributed by atoms with Crippen LogP contribution < -0.4 is 5.73 Å². The average molecular weight is 263 g/mol. The van der Waals surface area contributed by atoms with Crippen LogP contribution in [0.15, 0.2) is 17.8 Å². The first-order valence-electron chi connectivity index (χ1n) is 7.00. The molecule has 0 aliphatic carbocycles. The van der Waals surface area contributed by atoms with Crippen molar-refractivity contribution in [2.45, 2.75) is 40.3 Å². The van der Waals surface area contributed by atoms with E-state index in [1.54, 1.807) is 5.57 Å². The van der Waals surface area contributed by atoms with Crippen molar-refractivity contribution in [1.29, 1.82) is 0 Å². The Balaban J connectivity index is 1.90. The zero-order valence-corrected chi connectivity index (χ0v) is 12.3. The van der Waals surface area contributed by atoms with Crippen molar-refractivity contribution in [2.75, 3.05) is 19.6 Å². The van der Waals surface area contributed by atoms with Crippen LogP contribution in [0.2, 0.25) is 0 Å². The largest absolute Gasteiger partial charge is 0.329 e. The van der Waals surface area contributed by atoms with Crippen LogP contribution in [-0.4, -0.2) is 39.5 Å². The van der Waals surface area contributed by atoms with Gasteiger partial charge in [-0.15, -0.1) is 5.10 Å². The van der Waals surface area contributed by atoms with Crippen LogP contribution in [0.25, 0.3) is 0 Å². The number of aromatic nitrogens is 3. The van der Waals surface area contributed by atoms with Crippen LogP contribution in [0.4, 0.5) is 0 Å². The summed E-state index contributed by atoms with van der Waals surface area (Å²) in [6, 6.07) is 0. The van der Waals surface area contributed by atoms with E-state index < -0.39 is 0 Å². The average Bonchev–Trinajstić information content (AvgIpc) is 2.77. The molecule has 0 saturated carbocycles. The lowest BCUT2D eigenvalue weighted by Crippen LogP contribution is -2.31. The zero-order chi connectivity index (χ0) is 13.9. The third-order valence-corrected chi connectivity index (χ3v) is 3.59. The molecular weight excluding hydrogens is 238 g/mol. The highest BCUT2D eigenvalue weighted by Gasteiger charge is 2.21.